The number of hydrogen-bond donors (Lipinski definition) is 1. The predicted molar refractivity (Wildman–Crippen MR) is 73.2 cm³/mol. The monoisotopic (exact) mass is 367 g/mol. The van der Waals surface area contributed by atoms with Gasteiger partial charge in [-0.15, -0.1) is 0 Å². The lowest BCUT2D eigenvalue weighted by molar-refractivity contribution is 1.43. The molecule has 6 heteroatoms. The van der Waals surface area contributed by atoms with E-state index < -0.39 is 0 Å². The molecule has 2 aromatic rings. The lowest BCUT2D eigenvalue weighted by atomic mass is 10.3. The minimum atomic E-state index is 0.700. The van der Waals surface area contributed by atoms with Crippen molar-refractivity contribution in [1.29, 1.82) is 0 Å². The van der Waals surface area contributed by atoms with E-state index >= 15 is 0 Å². The molecule has 14 heavy (non-hydrogen) atoms. The molecule has 0 atom stereocenters. The Morgan fingerprint density at radius 3 is 2.64 bits per heavy atom. The smallest absolute Gasteiger partial charge is 0.160 e. The first-order valence-electron chi connectivity index (χ1n) is 3.60. The zero-order valence-electron chi connectivity index (χ0n) is 6.64. The number of benzene rings is 1. The third kappa shape index (κ3) is 1.99. The topological polar surface area (TPSA) is 15.8 Å². The summed E-state index contributed by atoms with van der Waals surface area (Å²) in [6, 6.07) is 3.96. The van der Waals surface area contributed by atoms with E-state index in [1.165, 1.54) is 11.3 Å². The van der Waals surface area contributed by atoms with Gasteiger partial charge < -0.3 is 4.98 Å². The molecule has 2 rings (SSSR count). The summed E-state index contributed by atoms with van der Waals surface area (Å²) in [7, 11) is 0. The standard InChI is InChI=1S/C8H3Br2NS3/c9-3-1-4-6(5(10)2-3)11-8(13)14-7(4)12/h1-2H,(H,11,13). The van der Waals surface area contributed by atoms with Crippen molar-refractivity contribution in [3.63, 3.8) is 0 Å². The van der Waals surface area contributed by atoms with Gasteiger partial charge in [0, 0.05) is 14.3 Å². The van der Waals surface area contributed by atoms with Gasteiger partial charge in [0.1, 0.15) is 3.82 Å². The van der Waals surface area contributed by atoms with Crippen LogP contribution in [0.15, 0.2) is 21.1 Å². The van der Waals surface area contributed by atoms with Crippen LogP contribution in [0.1, 0.15) is 0 Å². The van der Waals surface area contributed by atoms with Crippen molar-refractivity contribution in [2.24, 2.45) is 0 Å². The molecule has 1 aromatic heterocycles. The Bertz CT molecular complexity index is 614. The molecule has 0 saturated heterocycles. The van der Waals surface area contributed by atoms with Crippen LogP contribution in [-0.2, 0) is 0 Å². The fraction of sp³-hybridized carbons (Fsp3) is 0. The Kier molecular flexibility index (Phi) is 3.18. The van der Waals surface area contributed by atoms with Gasteiger partial charge in [-0.3, -0.25) is 0 Å². The van der Waals surface area contributed by atoms with Gasteiger partial charge in [0.25, 0.3) is 0 Å². The Morgan fingerprint density at radius 2 is 1.93 bits per heavy atom. The van der Waals surface area contributed by atoms with Crippen molar-refractivity contribution >= 4 is 78.5 Å². The molecule has 1 heterocycles. The molecule has 1 nitrogen and oxygen atoms in total. The zero-order valence-corrected chi connectivity index (χ0v) is 12.3. The molecular formula is C8H3Br2NS3. The van der Waals surface area contributed by atoms with E-state index in [9.17, 15) is 0 Å². The van der Waals surface area contributed by atoms with Crippen LogP contribution in [0.5, 0.6) is 0 Å². The first-order chi connectivity index (χ1) is 6.58. The highest BCUT2D eigenvalue weighted by atomic mass is 79.9. The number of fused-ring (bicyclic) bond motifs is 1. The summed E-state index contributed by atoms with van der Waals surface area (Å²) in [5.41, 5.74) is 0.960. The van der Waals surface area contributed by atoms with Crippen molar-refractivity contribution in [2.75, 3.05) is 0 Å². The third-order valence-corrected chi connectivity index (χ3v) is 4.29. The summed E-state index contributed by atoms with van der Waals surface area (Å²) in [5.74, 6) is 0. The summed E-state index contributed by atoms with van der Waals surface area (Å²) < 4.78 is 3.48. The van der Waals surface area contributed by atoms with Gasteiger partial charge >= 0.3 is 0 Å². The normalized spacial score (nSPS) is 10.7. The highest BCUT2D eigenvalue weighted by Crippen LogP contribution is 2.28. The van der Waals surface area contributed by atoms with E-state index in [-0.39, 0.29) is 0 Å². The number of hydrogen-bond acceptors (Lipinski definition) is 3. The molecule has 72 valence electrons. The number of rotatable bonds is 0. The Balaban J connectivity index is 3.10. The van der Waals surface area contributed by atoms with Crippen LogP contribution in [0.2, 0.25) is 0 Å². The minimum absolute atomic E-state index is 0.700. The van der Waals surface area contributed by atoms with E-state index in [1.54, 1.807) is 0 Å². The largest absolute Gasteiger partial charge is 0.337 e. The Morgan fingerprint density at radius 1 is 1.21 bits per heavy atom. The third-order valence-electron chi connectivity index (χ3n) is 1.69. The molecule has 1 N–H and O–H groups in total. The lowest BCUT2D eigenvalue weighted by Gasteiger charge is -2.01. The van der Waals surface area contributed by atoms with Crippen LogP contribution in [-0.4, -0.2) is 4.98 Å². The van der Waals surface area contributed by atoms with Crippen LogP contribution in [0.4, 0.5) is 0 Å². The van der Waals surface area contributed by atoms with Gasteiger partial charge in [0.05, 0.1) is 5.52 Å². The van der Waals surface area contributed by atoms with E-state index in [0.29, 0.717) is 3.95 Å². The first kappa shape index (κ1) is 10.9. The zero-order chi connectivity index (χ0) is 10.3. The lowest BCUT2D eigenvalue weighted by Crippen LogP contribution is -1.80. The van der Waals surface area contributed by atoms with Gasteiger partial charge in [-0.1, -0.05) is 39.5 Å². The molecule has 0 radical (unpaired) electrons. The quantitative estimate of drug-likeness (QED) is 0.642. The average Bonchev–Trinajstić information content (AvgIpc) is 2.07. The molecule has 0 saturated carbocycles. The van der Waals surface area contributed by atoms with E-state index in [4.69, 9.17) is 24.4 Å². The van der Waals surface area contributed by atoms with Crippen molar-refractivity contribution < 1.29 is 0 Å². The number of nitrogens with one attached hydrogen (secondary N) is 1. The van der Waals surface area contributed by atoms with Gasteiger partial charge in [-0.05, 0) is 40.3 Å². The van der Waals surface area contributed by atoms with E-state index in [2.05, 4.69) is 36.8 Å². The minimum Gasteiger partial charge on any atom is -0.337 e. The number of halogens is 2. The second-order valence-corrected chi connectivity index (χ2v) is 6.74. The van der Waals surface area contributed by atoms with Crippen molar-refractivity contribution in [3.05, 3.63) is 28.9 Å². The van der Waals surface area contributed by atoms with Gasteiger partial charge in [0.15, 0.2) is 3.95 Å². The fourth-order valence-electron chi connectivity index (χ4n) is 1.13. The molecule has 0 aliphatic carbocycles. The average molecular weight is 369 g/mol. The summed E-state index contributed by atoms with van der Waals surface area (Å²) in [5, 5.41) is 1.01. The second-order valence-electron chi connectivity index (χ2n) is 2.61. The maximum absolute atomic E-state index is 5.25. The highest BCUT2D eigenvalue weighted by molar-refractivity contribution is 9.11. The van der Waals surface area contributed by atoms with Crippen molar-refractivity contribution in [3.8, 4) is 0 Å². The molecule has 0 bridgehead atoms. The van der Waals surface area contributed by atoms with Crippen molar-refractivity contribution in [1.82, 2.24) is 4.98 Å². The van der Waals surface area contributed by atoms with Crippen LogP contribution < -0.4 is 0 Å². The van der Waals surface area contributed by atoms with Gasteiger partial charge in [-0.25, -0.2) is 0 Å². The molecule has 0 aliphatic rings. The molecule has 0 unspecified atom stereocenters. The number of H-pyrrole nitrogens is 1. The van der Waals surface area contributed by atoms with E-state index in [1.807, 2.05) is 12.1 Å². The molecule has 0 amide bonds. The Labute approximate surface area is 111 Å². The maximum atomic E-state index is 5.25. The SMILES string of the molecule is S=c1[nH]c2c(Br)cc(Br)cc2c(=S)s1. The fourth-order valence-corrected chi connectivity index (χ4v) is 3.97. The van der Waals surface area contributed by atoms with Crippen LogP contribution in [0.3, 0.4) is 0 Å². The first-order valence-corrected chi connectivity index (χ1v) is 6.82. The van der Waals surface area contributed by atoms with Crippen molar-refractivity contribution in [2.45, 2.75) is 0 Å². The van der Waals surface area contributed by atoms with Crippen LogP contribution in [0, 0.1) is 7.78 Å². The summed E-state index contributed by atoms with van der Waals surface area (Å²) >= 11 is 18.6. The van der Waals surface area contributed by atoms with Crippen LogP contribution in [0.25, 0.3) is 10.9 Å². The summed E-state index contributed by atoms with van der Waals surface area (Å²) in [6.45, 7) is 0. The highest BCUT2D eigenvalue weighted by Gasteiger charge is 2.02. The molecule has 1 aromatic carbocycles. The van der Waals surface area contributed by atoms with Gasteiger partial charge in [0.2, 0.25) is 0 Å². The predicted octanol–water partition coefficient (Wildman–Crippen LogP) is 5.21. The molecule has 0 fully saturated rings. The number of aromatic amines is 1. The molecular weight excluding hydrogens is 366 g/mol. The maximum Gasteiger partial charge on any atom is 0.160 e. The van der Waals surface area contributed by atoms with Gasteiger partial charge in [-0.2, -0.15) is 0 Å². The Hall–Kier alpha value is 0.380. The summed E-state index contributed by atoms with van der Waals surface area (Å²) in [4.78, 5) is 3.12. The van der Waals surface area contributed by atoms with Crippen LogP contribution >= 0.6 is 67.6 Å². The summed E-state index contributed by atoms with van der Waals surface area (Å²) in [6.07, 6.45) is 0. The molecule has 0 spiro atoms. The van der Waals surface area contributed by atoms with E-state index in [0.717, 1.165) is 23.7 Å². The second kappa shape index (κ2) is 4.09. The molecule has 0 aliphatic heterocycles. The number of aromatic nitrogens is 1.